The van der Waals surface area contributed by atoms with Crippen molar-refractivity contribution in [3.8, 4) is 0 Å². The van der Waals surface area contributed by atoms with Crippen molar-refractivity contribution in [1.82, 2.24) is 4.57 Å². The summed E-state index contributed by atoms with van der Waals surface area (Å²) in [4.78, 5) is 8.20. The minimum Gasteiger partial charge on any atom is -0.320 e. The molecule has 0 fully saturated rings. The van der Waals surface area contributed by atoms with Crippen LogP contribution in [0, 0.1) is 6.92 Å². The Balaban J connectivity index is 0.000000313. The van der Waals surface area contributed by atoms with Gasteiger partial charge in [0.25, 0.3) is 0 Å². The van der Waals surface area contributed by atoms with E-state index in [0.717, 1.165) is 5.71 Å². The fourth-order valence-corrected chi connectivity index (χ4v) is 5.28. The number of allylic oxidation sites excluding steroid dienone is 3. The van der Waals surface area contributed by atoms with Crippen LogP contribution in [0.4, 0.5) is 0 Å². The molecule has 6 rings (SSSR count). The molecule has 1 aromatic heterocycles. The molecule has 4 aromatic carbocycles. The summed E-state index contributed by atoms with van der Waals surface area (Å²) in [5.41, 5.74) is 10.3. The van der Waals surface area contributed by atoms with Crippen molar-refractivity contribution in [1.29, 1.82) is 0 Å². The normalized spacial score (nSPS) is 12.9. The van der Waals surface area contributed by atoms with E-state index in [-0.39, 0.29) is 5.41 Å². The number of aromatic nitrogens is 1. The molecule has 1 aliphatic carbocycles. The zero-order valence-electron chi connectivity index (χ0n) is 26.4. The van der Waals surface area contributed by atoms with Gasteiger partial charge in [0.2, 0.25) is 0 Å². The number of rotatable bonds is 3. The van der Waals surface area contributed by atoms with Crippen molar-refractivity contribution in [2.45, 2.75) is 53.6 Å². The van der Waals surface area contributed by atoms with E-state index in [0.29, 0.717) is 6.67 Å². The van der Waals surface area contributed by atoms with Crippen molar-refractivity contribution in [3.63, 3.8) is 0 Å². The molecule has 0 unspecified atom stereocenters. The first kappa shape index (κ1) is 32.0. The fraction of sp³-hybridized carbons (Fsp3) is 0.231. The molecule has 0 aliphatic heterocycles. The molecule has 0 atom stereocenters. The molecule has 0 bridgehead atoms. The van der Waals surface area contributed by atoms with Crippen LogP contribution in [0.25, 0.3) is 27.4 Å². The highest BCUT2D eigenvalue weighted by Gasteiger charge is 2.29. The molecular weight excluding hydrogens is 510 g/mol. The maximum Gasteiger partial charge on any atom is 0.115 e. The Kier molecular flexibility index (Phi) is 11.4. The molecule has 0 saturated heterocycles. The fourth-order valence-electron chi connectivity index (χ4n) is 5.28. The van der Waals surface area contributed by atoms with Gasteiger partial charge >= 0.3 is 0 Å². The minimum atomic E-state index is 0.0676. The molecule has 1 aliphatic rings. The van der Waals surface area contributed by atoms with Crippen molar-refractivity contribution in [2.24, 2.45) is 9.98 Å². The highest BCUT2D eigenvalue weighted by Crippen LogP contribution is 2.43. The number of hydrogen-bond acceptors (Lipinski definition) is 2. The summed E-state index contributed by atoms with van der Waals surface area (Å²) in [6, 6.07) is 34.1. The Labute approximate surface area is 252 Å². The smallest absolute Gasteiger partial charge is 0.115 e. The van der Waals surface area contributed by atoms with Gasteiger partial charge in [-0.2, -0.15) is 0 Å². The molecule has 0 N–H and O–H groups in total. The van der Waals surface area contributed by atoms with Gasteiger partial charge in [-0.1, -0.05) is 110 Å². The second-order valence-corrected chi connectivity index (χ2v) is 11.0. The van der Waals surface area contributed by atoms with Gasteiger partial charge < -0.3 is 9.56 Å². The summed E-state index contributed by atoms with van der Waals surface area (Å²) in [7, 11) is 1.64. The third kappa shape index (κ3) is 7.61. The third-order valence-electron chi connectivity index (χ3n) is 7.19. The number of hydrogen-bond donors (Lipinski definition) is 0. The first-order valence-electron chi connectivity index (χ1n) is 14.4. The summed E-state index contributed by atoms with van der Waals surface area (Å²) in [6.07, 6.45) is 4.14. The zero-order chi connectivity index (χ0) is 30.7. The molecule has 1 heterocycles. The van der Waals surface area contributed by atoms with Crippen LogP contribution in [0.5, 0.6) is 0 Å². The first-order valence-corrected chi connectivity index (χ1v) is 14.4. The standard InChI is InChI=1S/C27H26N2.C7H8.C3H6.C2H5N/c1-18-16-27(3,4)24-15-26-23(14-22(18)24)21-12-8-9-13-25(21)29(26)17-28-19(2)20-10-6-5-7-11-20;1-7-5-3-2-4-6-7;2*1-3-2/h5-16H,17H2,1-4H3;2-6H,1H3;3H,1H2,2H3;1H2,2H3/b28-19+;;;. The van der Waals surface area contributed by atoms with Crippen LogP contribution in [-0.4, -0.2) is 24.0 Å². The van der Waals surface area contributed by atoms with Crippen LogP contribution in [0.1, 0.15) is 56.9 Å². The molecule has 0 amide bonds. The third-order valence-corrected chi connectivity index (χ3v) is 7.19. The molecule has 42 heavy (non-hydrogen) atoms. The molecule has 0 spiro atoms. The number of aliphatic imine (C=N–C) groups is 2. The van der Waals surface area contributed by atoms with E-state index in [2.05, 4.69) is 136 Å². The summed E-state index contributed by atoms with van der Waals surface area (Å²) < 4.78 is 2.36. The average Bonchev–Trinajstić information content (AvgIpc) is 3.41. The Morgan fingerprint density at radius 3 is 1.95 bits per heavy atom. The van der Waals surface area contributed by atoms with Crippen molar-refractivity contribution in [3.05, 3.63) is 138 Å². The molecule has 0 radical (unpaired) electrons. The Bertz CT molecular complexity index is 1680. The molecule has 3 heteroatoms. The van der Waals surface area contributed by atoms with Crippen LogP contribution in [-0.2, 0) is 12.1 Å². The van der Waals surface area contributed by atoms with Crippen LogP contribution in [0.15, 0.2) is 126 Å². The lowest BCUT2D eigenvalue weighted by atomic mass is 9.86. The van der Waals surface area contributed by atoms with Crippen LogP contribution in [0.2, 0.25) is 0 Å². The van der Waals surface area contributed by atoms with Crippen LogP contribution >= 0.6 is 0 Å². The second kappa shape index (κ2) is 14.9. The lowest BCUT2D eigenvalue weighted by molar-refractivity contribution is 0.683. The average molecular weight is 556 g/mol. The molecule has 0 saturated carbocycles. The van der Waals surface area contributed by atoms with E-state index in [1.54, 1.807) is 13.1 Å². The van der Waals surface area contributed by atoms with E-state index < -0.39 is 0 Å². The second-order valence-electron chi connectivity index (χ2n) is 11.0. The van der Waals surface area contributed by atoms with E-state index in [1.807, 2.05) is 31.2 Å². The van der Waals surface area contributed by atoms with Crippen LogP contribution < -0.4 is 0 Å². The molecule has 5 aromatic rings. The van der Waals surface area contributed by atoms with Crippen molar-refractivity contribution in [2.75, 3.05) is 7.05 Å². The number of nitrogens with zero attached hydrogens (tertiary/aromatic N) is 3. The van der Waals surface area contributed by atoms with Crippen LogP contribution in [0.3, 0.4) is 0 Å². The first-order chi connectivity index (χ1) is 20.2. The number of benzene rings is 4. The number of para-hydroxylation sites is 1. The summed E-state index contributed by atoms with van der Waals surface area (Å²) >= 11 is 0. The largest absolute Gasteiger partial charge is 0.320 e. The highest BCUT2D eigenvalue weighted by molar-refractivity contribution is 6.09. The van der Waals surface area contributed by atoms with Gasteiger partial charge in [0, 0.05) is 28.9 Å². The van der Waals surface area contributed by atoms with Gasteiger partial charge in [0.05, 0.1) is 11.0 Å². The van der Waals surface area contributed by atoms with E-state index in [1.165, 1.54) is 49.6 Å². The lowest BCUT2D eigenvalue weighted by Crippen LogP contribution is -2.11. The monoisotopic (exact) mass is 555 g/mol. The Morgan fingerprint density at radius 2 is 1.38 bits per heavy atom. The highest BCUT2D eigenvalue weighted by atomic mass is 15.1. The predicted octanol–water partition coefficient (Wildman–Crippen LogP) is 10.5. The predicted molar refractivity (Wildman–Crippen MR) is 187 cm³/mol. The van der Waals surface area contributed by atoms with Gasteiger partial charge in [-0.3, -0.25) is 4.99 Å². The van der Waals surface area contributed by atoms with Gasteiger partial charge in [0.1, 0.15) is 6.67 Å². The van der Waals surface area contributed by atoms with E-state index in [9.17, 15) is 0 Å². The molecule has 3 nitrogen and oxygen atoms in total. The van der Waals surface area contributed by atoms with Crippen molar-refractivity contribution < 1.29 is 0 Å². The summed E-state index contributed by atoms with van der Waals surface area (Å²) in [6.45, 7) is 20.0. The number of aryl methyl sites for hydroxylation is 1. The minimum absolute atomic E-state index is 0.0676. The Hall–Kier alpha value is -4.50. The van der Waals surface area contributed by atoms with E-state index in [4.69, 9.17) is 4.99 Å². The topological polar surface area (TPSA) is 29.6 Å². The lowest BCUT2D eigenvalue weighted by Gasteiger charge is -2.18. The zero-order valence-corrected chi connectivity index (χ0v) is 26.4. The number of fused-ring (bicyclic) bond motifs is 4. The van der Waals surface area contributed by atoms with Gasteiger partial charge in [-0.25, -0.2) is 0 Å². The summed E-state index contributed by atoms with van der Waals surface area (Å²) in [5, 5.41) is 2.62. The molecular formula is C39H45N3. The van der Waals surface area contributed by atoms with E-state index >= 15 is 0 Å². The van der Waals surface area contributed by atoms with Gasteiger partial charge in [-0.05, 0) is 74.9 Å². The van der Waals surface area contributed by atoms with Gasteiger partial charge in [0.15, 0.2) is 0 Å². The van der Waals surface area contributed by atoms with Gasteiger partial charge in [-0.15, -0.1) is 6.58 Å². The maximum atomic E-state index is 4.95. The Morgan fingerprint density at radius 1 is 0.833 bits per heavy atom. The maximum absolute atomic E-state index is 4.95. The molecule has 216 valence electrons. The SMILES string of the molecule is C=CC.C=NC.CC1=CC(C)(C)c2cc3c(cc21)c1ccccc1n3C/N=C(\C)c1ccccc1.Cc1ccccc1. The quantitative estimate of drug-likeness (QED) is 0.157. The van der Waals surface area contributed by atoms with Crippen molar-refractivity contribution >= 4 is 39.8 Å². The summed E-state index contributed by atoms with van der Waals surface area (Å²) in [5.74, 6) is 0.